The van der Waals surface area contributed by atoms with Crippen LogP contribution in [0.15, 0.2) is 71.7 Å². The molecule has 8 heteroatoms. The number of hydrogen-bond donors (Lipinski definition) is 1. The summed E-state index contributed by atoms with van der Waals surface area (Å²) in [6.45, 7) is 7.74. The van der Waals surface area contributed by atoms with Crippen molar-refractivity contribution >= 4 is 5.91 Å². The number of nitrogens with zero attached hydrogens (tertiary/aromatic N) is 5. The van der Waals surface area contributed by atoms with Gasteiger partial charge in [-0.15, -0.1) is 0 Å². The maximum absolute atomic E-state index is 14.0. The second-order valence-electron chi connectivity index (χ2n) is 9.73. The summed E-state index contributed by atoms with van der Waals surface area (Å²) in [7, 11) is 0. The summed E-state index contributed by atoms with van der Waals surface area (Å²) in [6.07, 6.45) is 2.58. The molecule has 1 aliphatic heterocycles. The van der Waals surface area contributed by atoms with Gasteiger partial charge in [0, 0.05) is 31.7 Å². The first-order chi connectivity index (χ1) is 17.9. The number of hydrogen-bond acceptors (Lipinski definition) is 5. The van der Waals surface area contributed by atoms with E-state index in [1.165, 1.54) is 4.57 Å². The second-order valence-corrected chi connectivity index (χ2v) is 9.73. The Kier molecular flexibility index (Phi) is 6.65. The van der Waals surface area contributed by atoms with Gasteiger partial charge < -0.3 is 10.0 Å². The van der Waals surface area contributed by atoms with Crippen LogP contribution < -0.4 is 5.56 Å². The summed E-state index contributed by atoms with van der Waals surface area (Å²) < 4.78 is 3.12. The van der Waals surface area contributed by atoms with E-state index in [0.29, 0.717) is 31.0 Å². The molecule has 5 rings (SSSR count). The maximum atomic E-state index is 14.0. The first-order valence-electron chi connectivity index (χ1n) is 12.7. The summed E-state index contributed by atoms with van der Waals surface area (Å²) in [5, 5.41) is 15.4. The summed E-state index contributed by atoms with van der Waals surface area (Å²) in [5.41, 5.74) is 2.28. The highest BCUT2D eigenvalue weighted by Crippen LogP contribution is 2.30. The molecule has 4 aromatic rings. The molecule has 8 nitrogen and oxygen atoms in total. The zero-order valence-electron chi connectivity index (χ0n) is 21.3. The van der Waals surface area contributed by atoms with Gasteiger partial charge in [0.2, 0.25) is 5.88 Å². The Morgan fingerprint density at radius 3 is 2.59 bits per heavy atom. The zero-order chi connectivity index (χ0) is 26.1. The Hall–Kier alpha value is -4.20. The summed E-state index contributed by atoms with van der Waals surface area (Å²) in [4.78, 5) is 33.6. The van der Waals surface area contributed by atoms with Gasteiger partial charge in [0.15, 0.2) is 11.4 Å². The molecule has 0 bridgehead atoms. The van der Waals surface area contributed by atoms with Crippen LogP contribution in [-0.2, 0) is 6.54 Å². The van der Waals surface area contributed by atoms with Crippen LogP contribution in [0.25, 0.3) is 17.2 Å². The maximum Gasteiger partial charge on any atom is 0.275 e. The second kappa shape index (κ2) is 10.0. The molecule has 3 heterocycles. The minimum atomic E-state index is -0.609. The van der Waals surface area contributed by atoms with Crippen molar-refractivity contribution in [3.63, 3.8) is 0 Å². The molecule has 1 aliphatic rings. The Morgan fingerprint density at radius 1 is 1.11 bits per heavy atom. The number of carbonyl (C=O) groups excluding carboxylic acids is 1. The van der Waals surface area contributed by atoms with Gasteiger partial charge >= 0.3 is 0 Å². The van der Waals surface area contributed by atoms with Crippen molar-refractivity contribution in [3.8, 4) is 23.1 Å². The van der Waals surface area contributed by atoms with Crippen molar-refractivity contribution in [1.29, 1.82) is 0 Å². The molecule has 1 saturated heterocycles. The van der Waals surface area contributed by atoms with Crippen LogP contribution in [0.5, 0.6) is 5.88 Å². The molecule has 0 aliphatic carbocycles. The fourth-order valence-electron chi connectivity index (χ4n) is 4.89. The van der Waals surface area contributed by atoms with Crippen molar-refractivity contribution in [2.24, 2.45) is 0 Å². The molecule has 0 unspecified atom stereocenters. The van der Waals surface area contributed by atoms with Crippen molar-refractivity contribution < 1.29 is 9.90 Å². The third-order valence-corrected chi connectivity index (χ3v) is 7.01. The topological polar surface area (TPSA) is 93.3 Å². The minimum Gasteiger partial charge on any atom is -0.493 e. The SMILES string of the molecule is CCn1ccc(-c2nc(O)c(C(=O)N3CC[C@H](c4ccccc4)C3)c(=O)n2-c2cccc(C(C)C)c2)n1. The average molecular weight is 498 g/mol. The van der Waals surface area contributed by atoms with Gasteiger partial charge in [0.05, 0.1) is 5.69 Å². The van der Waals surface area contributed by atoms with Gasteiger partial charge in [-0.1, -0.05) is 56.3 Å². The highest BCUT2D eigenvalue weighted by molar-refractivity contribution is 5.96. The largest absolute Gasteiger partial charge is 0.493 e. The van der Waals surface area contributed by atoms with Gasteiger partial charge in [-0.2, -0.15) is 10.1 Å². The lowest BCUT2D eigenvalue weighted by atomic mass is 9.99. The van der Waals surface area contributed by atoms with Crippen LogP contribution in [0, 0.1) is 0 Å². The van der Waals surface area contributed by atoms with Crippen molar-refractivity contribution in [2.45, 2.75) is 45.6 Å². The Bertz CT molecular complexity index is 1490. The van der Waals surface area contributed by atoms with Crippen molar-refractivity contribution in [3.05, 3.63) is 93.9 Å². The van der Waals surface area contributed by atoms with E-state index in [0.717, 1.165) is 17.5 Å². The molecule has 37 heavy (non-hydrogen) atoms. The summed E-state index contributed by atoms with van der Waals surface area (Å²) in [6, 6.07) is 19.4. The highest BCUT2D eigenvalue weighted by Gasteiger charge is 2.33. The van der Waals surface area contributed by atoms with E-state index in [1.54, 1.807) is 21.8 Å². The number of amides is 1. The molecule has 0 radical (unpaired) electrons. The third-order valence-electron chi connectivity index (χ3n) is 7.01. The van der Waals surface area contributed by atoms with Crippen LogP contribution in [0.2, 0.25) is 0 Å². The first-order valence-corrected chi connectivity index (χ1v) is 12.7. The lowest BCUT2D eigenvalue weighted by Crippen LogP contribution is -2.36. The van der Waals surface area contributed by atoms with Crippen LogP contribution in [0.3, 0.4) is 0 Å². The normalized spacial score (nSPS) is 15.5. The molecule has 0 saturated carbocycles. The van der Waals surface area contributed by atoms with Crippen LogP contribution in [0.4, 0.5) is 0 Å². The smallest absolute Gasteiger partial charge is 0.275 e. The molecule has 1 fully saturated rings. The molecule has 1 amide bonds. The van der Waals surface area contributed by atoms with Crippen LogP contribution in [-0.4, -0.2) is 48.3 Å². The van der Waals surface area contributed by atoms with Crippen molar-refractivity contribution in [1.82, 2.24) is 24.2 Å². The number of carbonyl (C=O) groups is 1. The van der Waals surface area contributed by atoms with Crippen LogP contribution >= 0.6 is 0 Å². The summed E-state index contributed by atoms with van der Waals surface area (Å²) in [5.74, 6) is -0.467. The van der Waals surface area contributed by atoms with Gasteiger partial charge in [0.1, 0.15) is 5.69 Å². The first kappa shape index (κ1) is 24.5. The standard InChI is InChI=1S/C29H31N5O3/c1-4-33-16-14-24(31-33)26-30-27(35)25(29(37)34(26)23-12-8-11-21(17-23)19(2)3)28(36)32-15-13-22(18-32)20-9-6-5-7-10-20/h5-12,14,16-17,19,22,35H,4,13,15,18H2,1-3H3/t22-/m0/s1. The monoisotopic (exact) mass is 497 g/mol. The molecular weight excluding hydrogens is 466 g/mol. The molecule has 1 atom stereocenters. The number of likely N-dealkylation sites (tertiary alicyclic amines) is 1. The van der Waals surface area contributed by atoms with E-state index in [2.05, 4.69) is 36.1 Å². The number of benzene rings is 2. The Labute approximate surface area is 215 Å². The molecule has 2 aromatic heterocycles. The molecular formula is C29H31N5O3. The van der Waals surface area contributed by atoms with E-state index >= 15 is 0 Å². The van der Waals surface area contributed by atoms with E-state index in [1.807, 2.05) is 49.4 Å². The number of aryl methyl sites for hydroxylation is 1. The Balaban J connectivity index is 1.60. The van der Waals surface area contributed by atoms with Crippen molar-refractivity contribution in [2.75, 3.05) is 13.1 Å². The van der Waals surface area contributed by atoms with E-state index in [4.69, 9.17) is 0 Å². The quantitative estimate of drug-likeness (QED) is 0.421. The third kappa shape index (κ3) is 4.67. The molecule has 1 N–H and O–H groups in total. The highest BCUT2D eigenvalue weighted by atomic mass is 16.3. The van der Waals surface area contributed by atoms with Gasteiger partial charge in [-0.3, -0.25) is 18.8 Å². The predicted octanol–water partition coefficient (Wildman–Crippen LogP) is 4.57. The number of aromatic hydroxyl groups is 1. The fraction of sp³-hybridized carbons (Fsp3) is 0.310. The molecule has 2 aromatic carbocycles. The van der Waals surface area contributed by atoms with E-state index in [-0.39, 0.29) is 23.2 Å². The lowest BCUT2D eigenvalue weighted by molar-refractivity contribution is 0.0784. The fourth-order valence-corrected chi connectivity index (χ4v) is 4.89. The van der Waals surface area contributed by atoms with Gasteiger partial charge in [-0.05, 0) is 48.6 Å². The molecule has 190 valence electrons. The minimum absolute atomic E-state index is 0.183. The van der Waals surface area contributed by atoms with Gasteiger partial charge in [0.25, 0.3) is 11.5 Å². The average Bonchev–Trinajstić information content (AvgIpc) is 3.59. The number of aromatic nitrogens is 4. The Morgan fingerprint density at radius 2 is 1.89 bits per heavy atom. The summed E-state index contributed by atoms with van der Waals surface area (Å²) >= 11 is 0. The van der Waals surface area contributed by atoms with E-state index in [9.17, 15) is 14.7 Å². The van der Waals surface area contributed by atoms with E-state index < -0.39 is 17.3 Å². The lowest BCUT2D eigenvalue weighted by Gasteiger charge is -2.19. The zero-order valence-corrected chi connectivity index (χ0v) is 21.3. The number of rotatable bonds is 6. The van der Waals surface area contributed by atoms with Crippen LogP contribution in [0.1, 0.15) is 60.5 Å². The van der Waals surface area contributed by atoms with Gasteiger partial charge in [-0.25, -0.2) is 0 Å². The molecule has 0 spiro atoms. The predicted molar refractivity (Wildman–Crippen MR) is 142 cm³/mol.